The number of hydrogen-bond donors (Lipinski definition) is 1. The van der Waals surface area contributed by atoms with Gasteiger partial charge in [-0.1, -0.05) is 0 Å². The summed E-state index contributed by atoms with van der Waals surface area (Å²) in [6, 6.07) is 3.92. The van der Waals surface area contributed by atoms with Gasteiger partial charge in [0.1, 0.15) is 0 Å². The maximum absolute atomic E-state index is 12.6. The Morgan fingerprint density at radius 1 is 1.00 bits per heavy atom. The Bertz CT molecular complexity index is 495. The van der Waals surface area contributed by atoms with Crippen LogP contribution in [0.5, 0.6) is 0 Å². The number of aromatic carboxylic acids is 1. The summed E-state index contributed by atoms with van der Waals surface area (Å²) in [5.41, 5.74) is -0.181. The van der Waals surface area contributed by atoms with Gasteiger partial charge in [0.15, 0.2) is 0 Å². The molecule has 0 aliphatic rings. The van der Waals surface area contributed by atoms with Gasteiger partial charge in [-0.3, -0.25) is 4.79 Å². The zero-order valence-electron chi connectivity index (χ0n) is 8.87. The molecular weight excluding hydrogens is 295 g/mol. The average molecular weight is 300 g/mol. The van der Waals surface area contributed by atoms with Gasteiger partial charge in [-0.05, 0) is 36.0 Å². The van der Waals surface area contributed by atoms with Gasteiger partial charge in [0.2, 0.25) is 0 Å². The Morgan fingerprint density at radius 2 is 1.47 bits per heavy atom. The van der Waals surface area contributed by atoms with E-state index in [1.807, 2.05) is 0 Å². The largest absolute Gasteiger partial charge is 0.478 e. The van der Waals surface area contributed by atoms with E-state index in [0.29, 0.717) is 0 Å². The van der Waals surface area contributed by atoms with Crippen molar-refractivity contribution in [3.05, 3.63) is 29.8 Å². The minimum atomic E-state index is -5.96. The number of carboxylic acids is 1. The molecular formula is C10H5F5O3S. The molecule has 1 rings (SSSR count). The lowest BCUT2D eigenvalue weighted by molar-refractivity contribution is -0.264. The van der Waals surface area contributed by atoms with Crippen LogP contribution in [0.2, 0.25) is 0 Å². The summed E-state index contributed by atoms with van der Waals surface area (Å²) in [6.45, 7) is 0. The molecule has 0 bridgehead atoms. The van der Waals surface area contributed by atoms with Crippen LogP contribution >= 0.6 is 11.8 Å². The lowest BCUT2D eigenvalue weighted by Crippen LogP contribution is -2.42. The number of carbonyl (C=O) groups is 2. The van der Waals surface area contributed by atoms with Crippen molar-refractivity contribution in [1.29, 1.82) is 0 Å². The number of benzene rings is 1. The van der Waals surface area contributed by atoms with Crippen molar-refractivity contribution in [2.45, 2.75) is 17.0 Å². The molecule has 0 amide bonds. The predicted octanol–water partition coefficient (Wildman–Crippen LogP) is 3.20. The minimum absolute atomic E-state index is 0.181. The normalized spacial score (nSPS) is 12.3. The highest BCUT2D eigenvalue weighted by Gasteiger charge is 2.63. The lowest BCUT2D eigenvalue weighted by Gasteiger charge is -2.17. The van der Waals surface area contributed by atoms with E-state index in [-0.39, 0.29) is 22.2 Å². The molecule has 1 N–H and O–H groups in total. The SMILES string of the molecule is O=C(O)c1ccc(SC(=O)C(F)(F)C(F)(F)F)cc1. The molecule has 0 aliphatic carbocycles. The van der Waals surface area contributed by atoms with Crippen molar-refractivity contribution in [2.24, 2.45) is 0 Å². The number of halogens is 5. The van der Waals surface area contributed by atoms with Crippen molar-refractivity contribution < 1.29 is 36.6 Å². The highest BCUT2D eigenvalue weighted by atomic mass is 32.2. The molecule has 104 valence electrons. The van der Waals surface area contributed by atoms with Crippen LogP contribution in [0.1, 0.15) is 10.4 Å². The molecule has 0 aliphatic heterocycles. The quantitative estimate of drug-likeness (QED) is 0.688. The van der Waals surface area contributed by atoms with Crippen molar-refractivity contribution in [2.75, 3.05) is 0 Å². The van der Waals surface area contributed by atoms with Gasteiger partial charge in [-0.25, -0.2) is 4.79 Å². The number of carbonyl (C=O) groups excluding carboxylic acids is 1. The Morgan fingerprint density at radius 3 is 1.84 bits per heavy atom. The third-order valence-electron chi connectivity index (χ3n) is 1.92. The van der Waals surface area contributed by atoms with Gasteiger partial charge in [0.25, 0.3) is 5.12 Å². The summed E-state index contributed by atoms with van der Waals surface area (Å²) in [5.74, 6) is -6.74. The molecule has 0 atom stereocenters. The molecule has 0 saturated heterocycles. The first-order valence-electron chi connectivity index (χ1n) is 4.56. The topological polar surface area (TPSA) is 54.4 Å². The van der Waals surface area contributed by atoms with Crippen molar-refractivity contribution >= 4 is 22.8 Å². The highest BCUT2D eigenvalue weighted by Crippen LogP contribution is 2.40. The van der Waals surface area contributed by atoms with Crippen LogP contribution in [0.4, 0.5) is 22.0 Å². The van der Waals surface area contributed by atoms with E-state index >= 15 is 0 Å². The second kappa shape index (κ2) is 5.16. The van der Waals surface area contributed by atoms with Crippen LogP contribution in [0.15, 0.2) is 29.2 Å². The Hall–Kier alpha value is -1.64. The van der Waals surface area contributed by atoms with Gasteiger partial charge in [-0.2, -0.15) is 22.0 Å². The predicted molar refractivity (Wildman–Crippen MR) is 55.3 cm³/mol. The summed E-state index contributed by atoms with van der Waals surface area (Å²) in [5, 5.41) is 6.18. The summed E-state index contributed by atoms with van der Waals surface area (Å²) in [4.78, 5) is 21.1. The molecule has 1 aromatic carbocycles. The number of alkyl halides is 5. The van der Waals surface area contributed by atoms with E-state index in [2.05, 4.69) is 0 Å². The van der Waals surface area contributed by atoms with E-state index in [1.54, 1.807) is 0 Å². The molecule has 9 heteroatoms. The number of hydrogen-bond acceptors (Lipinski definition) is 3. The zero-order valence-corrected chi connectivity index (χ0v) is 9.69. The molecule has 0 radical (unpaired) electrons. The van der Waals surface area contributed by atoms with Crippen molar-refractivity contribution in [1.82, 2.24) is 0 Å². The Kier molecular flexibility index (Phi) is 4.18. The molecule has 3 nitrogen and oxygen atoms in total. The third kappa shape index (κ3) is 3.43. The van der Waals surface area contributed by atoms with Gasteiger partial charge >= 0.3 is 18.1 Å². The second-order valence-corrected chi connectivity index (χ2v) is 4.34. The average Bonchev–Trinajstić information content (AvgIpc) is 2.28. The summed E-state index contributed by atoms with van der Waals surface area (Å²) >= 11 is -0.304. The molecule has 0 spiro atoms. The summed E-state index contributed by atoms with van der Waals surface area (Å²) in [6.07, 6.45) is -5.96. The summed E-state index contributed by atoms with van der Waals surface area (Å²) in [7, 11) is 0. The lowest BCUT2D eigenvalue weighted by atomic mass is 10.2. The van der Waals surface area contributed by atoms with Crippen LogP contribution in [0, 0.1) is 0 Å². The first kappa shape index (κ1) is 15.4. The van der Waals surface area contributed by atoms with Crippen LogP contribution in [0.25, 0.3) is 0 Å². The van der Waals surface area contributed by atoms with Gasteiger partial charge in [0, 0.05) is 4.90 Å². The second-order valence-electron chi connectivity index (χ2n) is 3.29. The van der Waals surface area contributed by atoms with Crippen LogP contribution < -0.4 is 0 Å². The fraction of sp³-hybridized carbons (Fsp3) is 0.200. The maximum atomic E-state index is 12.6. The van der Waals surface area contributed by atoms with E-state index in [0.717, 1.165) is 24.3 Å². The van der Waals surface area contributed by atoms with Gasteiger partial charge in [-0.15, -0.1) is 0 Å². The van der Waals surface area contributed by atoms with Crippen LogP contribution in [0.3, 0.4) is 0 Å². The van der Waals surface area contributed by atoms with E-state index in [1.165, 1.54) is 0 Å². The molecule has 1 aromatic rings. The van der Waals surface area contributed by atoms with E-state index in [4.69, 9.17) is 5.11 Å². The third-order valence-corrected chi connectivity index (χ3v) is 2.87. The fourth-order valence-corrected chi connectivity index (χ4v) is 1.68. The number of carboxylic acid groups (broad SMARTS) is 1. The van der Waals surface area contributed by atoms with Crippen LogP contribution in [-0.4, -0.2) is 28.3 Å². The van der Waals surface area contributed by atoms with E-state index < -0.39 is 23.2 Å². The molecule has 19 heavy (non-hydrogen) atoms. The number of thioether (sulfide) groups is 1. The highest BCUT2D eigenvalue weighted by molar-refractivity contribution is 8.13. The summed E-state index contributed by atoms with van der Waals surface area (Å²) < 4.78 is 60.9. The maximum Gasteiger partial charge on any atom is 0.462 e. The monoisotopic (exact) mass is 300 g/mol. The molecule has 0 heterocycles. The molecule has 0 aromatic heterocycles. The van der Waals surface area contributed by atoms with E-state index in [9.17, 15) is 31.5 Å². The molecule has 0 saturated carbocycles. The first-order valence-corrected chi connectivity index (χ1v) is 5.37. The fourth-order valence-electron chi connectivity index (χ4n) is 0.952. The van der Waals surface area contributed by atoms with Gasteiger partial charge in [0.05, 0.1) is 5.56 Å². The Balaban J connectivity index is 2.86. The zero-order chi connectivity index (χ0) is 14.8. The van der Waals surface area contributed by atoms with Crippen molar-refractivity contribution in [3.63, 3.8) is 0 Å². The standard InChI is InChI=1S/C10H5F5O3S/c11-9(12,10(13,14)15)8(18)19-6-3-1-5(2-4-6)7(16)17/h1-4H,(H,16,17). The molecule has 0 fully saturated rings. The minimum Gasteiger partial charge on any atom is -0.478 e. The van der Waals surface area contributed by atoms with Crippen molar-refractivity contribution in [3.8, 4) is 0 Å². The van der Waals surface area contributed by atoms with Crippen LogP contribution in [-0.2, 0) is 4.79 Å². The first-order chi connectivity index (χ1) is 8.55. The molecule has 0 unspecified atom stereocenters. The van der Waals surface area contributed by atoms with Gasteiger partial charge < -0.3 is 5.11 Å². The number of rotatable bonds is 3. The smallest absolute Gasteiger partial charge is 0.462 e. The Labute approximate surface area is 107 Å².